The molecule has 1 aliphatic carbocycles. The van der Waals surface area contributed by atoms with Gasteiger partial charge >= 0.3 is 5.69 Å². The van der Waals surface area contributed by atoms with Crippen LogP contribution < -0.4 is 30.7 Å². The van der Waals surface area contributed by atoms with Crippen molar-refractivity contribution in [2.24, 2.45) is 5.92 Å². The maximum absolute atomic E-state index is 11.2. The van der Waals surface area contributed by atoms with Crippen molar-refractivity contribution in [3.05, 3.63) is 46.0 Å². The van der Waals surface area contributed by atoms with Gasteiger partial charge in [-0.3, -0.25) is 10.1 Å². The lowest BCUT2D eigenvalue weighted by atomic mass is 9.87. The van der Waals surface area contributed by atoms with Crippen molar-refractivity contribution in [1.82, 2.24) is 25.3 Å². The number of aromatic nitrogens is 5. The molecule has 46 heavy (non-hydrogen) atoms. The second-order valence-corrected chi connectivity index (χ2v) is 11.5. The van der Waals surface area contributed by atoms with Crippen LogP contribution in [0, 0.1) is 16.0 Å². The number of nitrogens with one attached hydrogen (secondary N) is 4. The van der Waals surface area contributed by atoms with Gasteiger partial charge in [-0.1, -0.05) is 31.9 Å². The number of hydrogen-bond acceptors (Lipinski definition) is 14. The van der Waals surface area contributed by atoms with Gasteiger partial charge in [-0.25, -0.2) is 4.63 Å². The first-order chi connectivity index (χ1) is 22.4. The Balaban J connectivity index is 1.12. The molecule has 0 atom stereocenters. The largest absolute Gasteiger partial charge is 0.493 e. The van der Waals surface area contributed by atoms with E-state index in [-0.39, 0.29) is 11.2 Å². The summed E-state index contributed by atoms with van der Waals surface area (Å²) in [5, 5.41) is 32.2. The highest BCUT2D eigenvalue weighted by atomic mass is 16.6. The monoisotopic (exact) mass is 634 g/mol. The summed E-state index contributed by atoms with van der Waals surface area (Å²) in [4.78, 5) is 24.7. The number of ether oxygens (including phenoxy) is 2. The molecule has 2 aromatic carbocycles. The molecule has 0 saturated heterocycles. The molecular formula is C31H42N10O5. The third-order valence-electron chi connectivity index (χ3n) is 8.20. The Bertz CT molecular complexity index is 1590. The van der Waals surface area contributed by atoms with Crippen molar-refractivity contribution in [3.8, 4) is 11.5 Å². The molecule has 0 radical (unpaired) electrons. The highest BCUT2D eigenvalue weighted by Gasteiger charge is 2.21. The summed E-state index contributed by atoms with van der Waals surface area (Å²) in [6.45, 7) is 4.17. The van der Waals surface area contributed by atoms with Gasteiger partial charge in [0.2, 0.25) is 23.4 Å². The summed E-state index contributed by atoms with van der Waals surface area (Å²) in [5.74, 6) is 3.65. The number of unbranched alkanes of at least 4 members (excludes halogenated alkanes) is 3. The van der Waals surface area contributed by atoms with Crippen molar-refractivity contribution in [2.75, 3.05) is 48.6 Å². The molecule has 1 fully saturated rings. The van der Waals surface area contributed by atoms with Crippen LogP contribution in [0.15, 0.2) is 35.0 Å². The molecule has 0 spiro atoms. The van der Waals surface area contributed by atoms with E-state index in [0.717, 1.165) is 50.0 Å². The molecule has 15 nitrogen and oxygen atoms in total. The van der Waals surface area contributed by atoms with Crippen LogP contribution in [0.4, 0.5) is 29.2 Å². The predicted octanol–water partition coefficient (Wildman–Crippen LogP) is 6.02. The van der Waals surface area contributed by atoms with E-state index in [1.165, 1.54) is 18.9 Å². The van der Waals surface area contributed by atoms with Crippen LogP contribution in [0.5, 0.6) is 11.5 Å². The van der Waals surface area contributed by atoms with Crippen LogP contribution in [-0.2, 0) is 6.54 Å². The van der Waals surface area contributed by atoms with Gasteiger partial charge < -0.3 is 30.7 Å². The molecule has 4 N–H and O–H groups in total. The molecule has 0 bridgehead atoms. The van der Waals surface area contributed by atoms with E-state index >= 15 is 0 Å². The van der Waals surface area contributed by atoms with Gasteiger partial charge in [0.05, 0.1) is 24.8 Å². The molecular weight excluding hydrogens is 592 g/mol. The van der Waals surface area contributed by atoms with Crippen molar-refractivity contribution in [1.29, 1.82) is 0 Å². The standard InChI is InChI=1S/C31H42N10O5/c1-20-11-13-22(14-12-20)35-31-37-29(36-30(38-31)34-19-21-9-8-10-25(44-2)28(21)45-3)33-18-7-5-4-6-17-32-23-15-16-24(41(42)43)27-26(23)39-46-40-27/h8-10,15-16,20,22,32H,4-7,11-14,17-19H2,1-3H3,(H3,33,34,35,36,37,38). The molecule has 0 unspecified atom stereocenters. The Kier molecular flexibility index (Phi) is 11.2. The zero-order valence-corrected chi connectivity index (χ0v) is 26.5. The Morgan fingerprint density at radius 2 is 1.54 bits per heavy atom. The number of nitro groups is 1. The summed E-state index contributed by atoms with van der Waals surface area (Å²) in [6, 6.07) is 9.16. The quantitative estimate of drug-likeness (QED) is 0.0599. The van der Waals surface area contributed by atoms with E-state index in [1.807, 2.05) is 18.2 Å². The first kappa shape index (κ1) is 32.4. The summed E-state index contributed by atoms with van der Waals surface area (Å²) in [6.07, 6.45) is 8.45. The van der Waals surface area contributed by atoms with Gasteiger partial charge in [-0.05, 0) is 66.9 Å². The van der Waals surface area contributed by atoms with Crippen LogP contribution in [0.25, 0.3) is 11.0 Å². The van der Waals surface area contributed by atoms with Crippen LogP contribution in [0.2, 0.25) is 0 Å². The molecule has 246 valence electrons. The van der Waals surface area contributed by atoms with Crippen LogP contribution >= 0.6 is 0 Å². The number of benzene rings is 2. The zero-order valence-electron chi connectivity index (χ0n) is 26.5. The maximum Gasteiger partial charge on any atom is 0.300 e. The van der Waals surface area contributed by atoms with Gasteiger partial charge in [0.25, 0.3) is 0 Å². The number of nitro benzene ring substituents is 1. The smallest absolute Gasteiger partial charge is 0.300 e. The lowest BCUT2D eigenvalue weighted by Crippen LogP contribution is -2.26. The Morgan fingerprint density at radius 1 is 0.848 bits per heavy atom. The number of fused-ring (bicyclic) bond motifs is 1. The highest BCUT2D eigenvalue weighted by molar-refractivity contribution is 5.93. The topological polar surface area (TPSA) is 187 Å². The van der Waals surface area contributed by atoms with E-state index in [0.29, 0.717) is 66.2 Å². The Morgan fingerprint density at radius 3 is 2.26 bits per heavy atom. The van der Waals surface area contributed by atoms with Crippen LogP contribution in [0.3, 0.4) is 0 Å². The van der Waals surface area contributed by atoms with E-state index in [4.69, 9.17) is 14.1 Å². The maximum atomic E-state index is 11.2. The lowest BCUT2D eigenvalue weighted by molar-refractivity contribution is -0.383. The number of rotatable bonds is 17. The third kappa shape index (κ3) is 8.40. The first-order valence-electron chi connectivity index (χ1n) is 15.8. The van der Waals surface area contributed by atoms with Crippen molar-refractivity contribution < 1.29 is 19.0 Å². The molecule has 2 heterocycles. The number of para-hydroxylation sites is 1. The van der Waals surface area contributed by atoms with Gasteiger partial charge in [-0.15, -0.1) is 0 Å². The number of nitrogens with zero attached hydrogens (tertiary/aromatic N) is 6. The molecule has 0 aliphatic heterocycles. The fraction of sp³-hybridized carbons (Fsp3) is 0.516. The zero-order chi connectivity index (χ0) is 32.3. The van der Waals surface area contributed by atoms with E-state index in [2.05, 4.69) is 53.5 Å². The minimum Gasteiger partial charge on any atom is -0.493 e. The molecule has 0 amide bonds. The number of methoxy groups -OCH3 is 2. The van der Waals surface area contributed by atoms with E-state index in [1.54, 1.807) is 20.3 Å². The molecule has 4 aromatic rings. The van der Waals surface area contributed by atoms with Gasteiger partial charge in [0, 0.05) is 37.3 Å². The second-order valence-electron chi connectivity index (χ2n) is 11.5. The Hall–Kier alpha value is -4.95. The average molecular weight is 635 g/mol. The van der Waals surface area contributed by atoms with Gasteiger partial charge in [-0.2, -0.15) is 15.0 Å². The molecule has 5 rings (SSSR count). The molecule has 1 saturated carbocycles. The fourth-order valence-electron chi connectivity index (χ4n) is 5.62. The van der Waals surface area contributed by atoms with Gasteiger partial charge in [0.1, 0.15) is 0 Å². The van der Waals surface area contributed by atoms with Crippen LogP contribution in [-0.4, -0.2) is 63.5 Å². The minimum absolute atomic E-state index is 0.126. The number of hydrogen-bond donors (Lipinski definition) is 4. The molecule has 1 aliphatic rings. The highest BCUT2D eigenvalue weighted by Crippen LogP contribution is 2.32. The predicted molar refractivity (Wildman–Crippen MR) is 176 cm³/mol. The van der Waals surface area contributed by atoms with E-state index < -0.39 is 4.92 Å². The second kappa shape index (κ2) is 15.9. The fourth-order valence-corrected chi connectivity index (χ4v) is 5.62. The summed E-state index contributed by atoms with van der Waals surface area (Å²) >= 11 is 0. The average Bonchev–Trinajstić information content (AvgIpc) is 3.56. The van der Waals surface area contributed by atoms with Crippen molar-refractivity contribution in [3.63, 3.8) is 0 Å². The van der Waals surface area contributed by atoms with Crippen molar-refractivity contribution >= 4 is 40.3 Å². The molecule has 2 aromatic heterocycles. The normalized spacial score (nSPS) is 16.2. The van der Waals surface area contributed by atoms with Crippen LogP contribution in [0.1, 0.15) is 63.9 Å². The molecule has 15 heteroatoms. The Labute approximate surface area is 267 Å². The SMILES string of the molecule is COc1cccc(CNc2nc(NCCCCCCNc3ccc([N+](=O)[O-])c4nonc34)nc(NC3CCC(C)CC3)n2)c1OC. The third-order valence-corrected chi connectivity index (χ3v) is 8.20. The van der Waals surface area contributed by atoms with Crippen molar-refractivity contribution in [2.45, 2.75) is 70.9 Å². The van der Waals surface area contributed by atoms with E-state index in [9.17, 15) is 10.1 Å². The lowest BCUT2D eigenvalue weighted by Gasteiger charge is -2.27. The first-order valence-corrected chi connectivity index (χ1v) is 15.8. The summed E-state index contributed by atoms with van der Waals surface area (Å²) in [5.41, 5.74) is 1.97. The number of anilines is 4. The summed E-state index contributed by atoms with van der Waals surface area (Å²) < 4.78 is 15.8. The minimum atomic E-state index is -0.493. The van der Waals surface area contributed by atoms with Gasteiger partial charge in [0.15, 0.2) is 17.0 Å². The number of non-ortho nitro benzene ring substituents is 1. The summed E-state index contributed by atoms with van der Waals surface area (Å²) in [7, 11) is 3.25.